The van der Waals surface area contributed by atoms with E-state index in [2.05, 4.69) is 0 Å². The summed E-state index contributed by atoms with van der Waals surface area (Å²) < 4.78 is 5.23. The Bertz CT molecular complexity index is 334. The lowest BCUT2D eigenvalue weighted by Gasteiger charge is -1.94. The Morgan fingerprint density at radius 1 is 1.62 bits per heavy atom. The molecule has 0 radical (unpaired) electrons. The second kappa shape index (κ2) is 3.94. The van der Waals surface area contributed by atoms with Crippen LogP contribution in [0.4, 0.5) is 0 Å². The minimum absolute atomic E-state index is 0.356. The van der Waals surface area contributed by atoms with Crippen LogP contribution in [-0.2, 0) is 4.79 Å². The van der Waals surface area contributed by atoms with Gasteiger partial charge >= 0.3 is 5.97 Å². The molecular weight excluding hydrogens is 168 g/mol. The van der Waals surface area contributed by atoms with Gasteiger partial charge in [0.25, 0.3) is 0 Å². The molecule has 70 valence electrons. The summed E-state index contributed by atoms with van der Waals surface area (Å²) in [4.78, 5) is 10.6. The quantitative estimate of drug-likeness (QED) is 0.727. The summed E-state index contributed by atoms with van der Waals surface area (Å²) in [5.41, 5.74) is 0.356. The second-order valence-corrected chi connectivity index (χ2v) is 2.78. The average molecular weight is 180 g/mol. The van der Waals surface area contributed by atoms with Crippen molar-refractivity contribution in [3.63, 3.8) is 0 Å². The van der Waals surface area contributed by atoms with Gasteiger partial charge in [-0.3, -0.25) is 0 Å². The van der Waals surface area contributed by atoms with Gasteiger partial charge in [-0.05, 0) is 31.6 Å². The molecule has 1 N–H and O–H groups in total. The molecule has 0 aliphatic heterocycles. The van der Waals surface area contributed by atoms with Crippen molar-refractivity contribution in [3.8, 4) is 0 Å². The molecule has 1 heterocycles. The van der Waals surface area contributed by atoms with Gasteiger partial charge < -0.3 is 9.52 Å². The van der Waals surface area contributed by atoms with Gasteiger partial charge in [-0.25, -0.2) is 4.79 Å². The van der Waals surface area contributed by atoms with Crippen LogP contribution in [0.5, 0.6) is 0 Å². The molecule has 1 rings (SSSR count). The summed E-state index contributed by atoms with van der Waals surface area (Å²) in [7, 11) is 0. The summed E-state index contributed by atoms with van der Waals surface area (Å²) in [6.07, 6.45) is 2.05. The van der Waals surface area contributed by atoms with E-state index in [0.29, 0.717) is 17.8 Å². The van der Waals surface area contributed by atoms with Crippen molar-refractivity contribution in [3.05, 3.63) is 29.2 Å². The number of aryl methyl sites for hydroxylation is 1. The largest absolute Gasteiger partial charge is 0.478 e. The predicted molar refractivity (Wildman–Crippen MR) is 49.3 cm³/mol. The SMILES string of the molecule is CCC(=Cc1ccc(C)o1)C(=O)O. The fourth-order valence-corrected chi connectivity index (χ4v) is 1.02. The molecule has 0 aromatic carbocycles. The number of furan rings is 1. The average Bonchev–Trinajstić information content (AvgIpc) is 2.46. The number of carboxylic acid groups (broad SMARTS) is 1. The molecule has 0 saturated heterocycles. The topological polar surface area (TPSA) is 50.4 Å². The smallest absolute Gasteiger partial charge is 0.331 e. The Morgan fingerprint density at radius 3 is 2.69 bits per heavy atom. The fraction of sp³-hybridized carbons (Fsp3) is 0.300. The number of hydrogen-bond donors (Lipinski definition) is 1. The van der Waals surface area contributed by atoms with Crippen molar-refractivity contribution in [1.82, 2.24) is 0 Å². The van der Waals surface area contributed by atoms with Crippen molar-refractivity contribution in [2.45, 2.75) is 20.3 Å². The first-order chi connectivity index (χ1) is 6.13. The van der Waals surface area contributed by atoms with Crippen LogP contribution in [0.25, 0.3) is 6.08 Å². The highest BCUT2D eigenvalue weighted by molar-refractivity contribution is 5.91. The molecule has 0 aliphatic rings. The molecule has 1 aromatic rings. The number of rotatable bonds is 3. The van der Waals surface area contributed by atoms with Gasteiger partial charge in [0.05, 0.1) is 0 Å². The molecule has 0 spiro atoms. The minimum atomic E-state index is -0.892. The standard InChI is InChI=1S/C10H12O3/c1-3-8(10(11)12)6-9-5-4-7(2)13-9/h4-6H,3H2,1-2H3,(H,11,12). The van der Waals surface area contributed by atoms with E-state index in [1.807, 2.05) is 6.92 Å². The summed E-state index contributed by atoms with van der Waals surface area (Å²) in [5.74, 6) is 0.486. The van der Waals surface area contributed by atoms with E-state index in [0.717, 1.165) is 5.76 Å². The number of hydrogen-bond acceptors (Lipinski definition) is 2. The Balaban J connectivity index is 2.91. The molecule has 0 unspecified atom stereocenters. The molecule has 0 aliphatic carbocycles. The highest BCUT2D eigenvalue weighted by Crippen LogP contribution is 2.12. The molecule has 0 atom stereocenters. The van der Waals surface area contributed by atoms with Crippen molar-refractivity contribution in [1.29, 1.82) is 0 Å². The first kappa shape index (κ1) is 9.58. The number of aliphatic carboxylic acids is 1. The zero-order valence-electron chi connectivity index (χ0n) is 7.70. The highest BCUT2D eigenvalue weighted by Gasteiger charge is 2.05. The van der Waals surface area contributed by atoms with Gasteiger partial charge in [0.1, 0.15) is 11.5 Å². The van der Waals surface area contributed by atoms with E-state index < -0.39 is 5.97 Å². The lowest BCUT2D eigenvalue weighted by molar-refractivity contribution is -0.132. The fourth-order valence-electron chi connectivity index (χ4n) is 1.02. The Labute approximate surface area is 76.7 Å². The Hall–Kier alpha value is -1.51. The molecule has 3 heteroatoms. The Morgan fingerprint density at radius 2 is 2.31 bits per heavy atom. The molecule has 0 saturated carbocycles. The minimum Gasteiger partial charge on any atom is -0.478 e. The molecule has 0 bridgehead atoms. The molecule has 1 aromatic heterocycles. The third kappa shape index (κ3) is 2.47. The van der Waals surface area contributed by atoms with Gasteiger partial charge in [0, 0.05) is 5.57 Å². The van der Waals surface area contributed by atoms with Crippen molar-refractivity contribution >= 4 is 12.0 Å². The van der Waals surface area contributed by atoms with Crippen LogP contribution in [0.3, 0.4) is 0 Å². The van der Waals surface area contributed by atoms with E-state index in [1.165, 1.54) is 0 Å². The molecular formula is C10H12O3. The first-order valence-electron chi connectivity index (χ1n) is 4.13. The van der Waals surface area contributed by atoms with Gasteiger partial charge in [-0.2, -0.15) is 0 Å². The molecule has 0 amide bonds. The number of carboxylic acids is 1. The van der Waals surface area contributed by atoms with Crippen molar-refractivity contribution in [2.24, 2.45) is 0 Å². The maximum Gasteiger partial charge on any atom is 0.331 e. The lowest BCUT2D eigenvalue weighted by Crippen LogP contribution is -1.98. The van der Waals surface area contributed by atoms with Crippen LogP contribution < -0.4 is 0 Å². The predicted octanol–water partition coefficient (Wildman–Crippen LogP) is 2.47. The van der Waals surface area contributed by atoms with E-state index in [1.54, 1.807) is 25.1 Å². The van der Waals surface area contributed by atoms with Crippen molar-refractivity contribution in [2.75, 3.05) is 0 Å². The summed E-state index contributed by atoms with van der Waals surface area (Å²) in [6, 6.07) is 3.56. The van der Waals surface area contributed by atoms with Crippen LogP contribution in [0.1, 0.15) is 24.9 Å². The van der Waals surface area contributed by atoms with Gasteiger partial charge in [0.2, 0.25) is 0 Å². The zero-order valence-corrected chi connectivity index (χ0v) is 7.70. The summed E-state index contributed by atoms with van der Waals surface area (Å²) in [6.45, 7) is 3.62. The highest BCUT2D eigenvalue weighted by atomic mass is 16.4. The Kier molecular flexibility index (Phi) is 2.90. The molecule has 3 nitrogen and oxygen atoms in total. The summed E-state index contributed by atoms with van der Waals surface area (Å²) >= 11 is 0. The zero-order chi connectivity index (χ0) is 9.84. The monoisotopic (exact) mass is 180 g/mol. The molecule has 0 fully saturated rings. The summed E-state index contributed by atoms with van der Waals surface area (Å²) in [5, 5.41) is 8.73. The van der Waals surface area contributed by atoms with E-state index >= 15 is 0 Å². The van der Waals surface area contributed by atoms with Crippen molar-refractivity contribution < 1.29 is 14.3 Å². The van der Waals surface area contributed by atoms with E-state index in [4.69, 9.17) is 9.52 Å². The lowest BCUT2D eigenvalue weighted by atomic mass is 10.2. The van der Waals surface area contributed by atoms with Gasteiger partial charge in [-0.15, -0.1) is 0 Å². The van der Waals surface area contributed by atoms with E-state index in [9.17, 15) is 4.79 Å². The van der Waals surface area contributed by atoms with E-state index in [-0.39, 0.29) is 0 Å². The van der Waals surface area contributed by atoms with Crippen LogP contribution in [0, 0.1) is 6.92 Å². The normalized spacial score (nSPS) is 11.7. The van der Waals surface area contributed by atoms with Crippen LogP contribution >= 0.6 is 0 Å². The second-order valence-electron chi connectivity index (χ2n) is 2.78. The van der Waals surface area contributed by atoms with Crippen LogP contribution in [0.2, 0.25) is 0 Å². The van der Waals surface area contributed by atoms with Gasteiger partial charge in [0.15, 0.2) is 0 Å². The first-order valence-corrected chi connectivity index (χ1v) is 4.13. The molecule has 13 heavy (non-hydrogen) atoms. The number of carbonyl (C=O) groups is 1. The maximum absolute atomic E-state index is 10.6. The maximum atomic E-state index is 10.6. The third-order valence-corrected chi connectivity index (χ3v) is 1.73. The van der Waals surface area contributed by atoms with Gasteiger partial charge in [-0.1, -0.05) is 6.92 Å². The van der Waals surface area contributed by atoms with Crippen LogP contribution in [0.15, 0.2) is 22.1 Å². The van der Waals surface area contributed by atoms with Crippen LogP contribution in [-0.4, -0.2) is 11.1 Å². The third-order valence-electron chi connectivity index (χ3n) is 1.73.